The molecule has 0 aromatic rings. The first-order valence-corrected chi connectivity index (χ1v) is 8.16. The average molecular weight is 382 g/mol. The quantitative estimate of drug-likeness (QED) is 0.212. The second-order valence-electron chi connectivity index (χ2n) is 6.13. The van der Waals surface area contributed by atoms with Gasteiger partial charge in [-0.25, -0.2) is 0 Å². The van der Waals surface area contributed by atoms with Gasteiger partial charge in [-0.2, -0.15) is 0 Å². The van der Waals surface area contributed by atoms with E-state index in [4.69, 9.17) is 18.9 Å². The molecule has 0 bridgehead atoms. The van der Waals surface area contributed by atoms with E-state index in [0.717, 1.165) is 0 Å². The van der Waals surface area contributed by atoms with Crippen LogP contribution in [0.5, 0.6) is 0 Å². The number of aliphatic hydroxyl groups is 7. The van der Waals surface area contributed by atoms with Gasteiger partial charge in [-0.1, -0.05) is 6.08 Å². The smallest absolute Gasteiger partial charge is 0.187 e. The summed E-state index contributed by atoms with van der Waals surface area (Å²) in [5.41, 5.74) is 0. The molecule has 2 aliphatic heterocycles. The topological polar surface area (TPSA) is 179 Å². The maximum atomic E-state index is 10.3. The van der Waals surface area contributed by atoms with Crippen LogP contribution in [0.4, 0.5) is 0 Å². The Balaban J connectivity index is 2.15. The van der Waals surface area contributed by atoms with Gasteiger partial charge >= 0.3 is 0 Å². The predicted molar refractivity (Wildman–Crippen MR) is 82.5 cm³/mol. The van der Waals surface area contributed by atoms with Crippen molar-refractivity contribution < 1.29 is 54.7 Å². The fraction of sp³-hybridized carbons (Fsp3) is 0.867. The normalized spacial score (nSPS) is 46.9. The molecule has 0 aromatic carbocycles. The van der Waals surface area contributed by atoms with Crippen molar-refractivity contribution in [3.63, 3.8) is 0 Å². The second-order valence-corrected chi connectivity index (χ2v) is 6.13. The highest BCUT2D eigenvalue weighted by Crippen LogP contribution is 2.29. The predicted octanol–water partition coefficient (Wildman–Crippen LogP) is -4.19. The summed E-state index contributed by atoms with van der Waals surface area (Å²) >= 11 is 0. The molecule has 11 nitrogen and oxygen atoms in total. The fourth-order valence-electron chi connectivity index (χ4n) is 2.83. The molecule has 0 aliphatic carbocycles. The molecule has 152 valence electrons. The first-order valence-electron chi connectivity index (χ1n) is 8.16. The summed E-state index contributed by atoms with van der Waals surface area (Å²) < 4.78 is 21.4. The number of hydrogen-bond acceptors (Lipinski definition) is 11. The Morgan fingerprint density at radius 1 is 0.769 bits per heavy atom. The standard InChI is InChI=1S/C15H26O11/c1-2-3-23-15-13(11(21)9(19)7(5-17)25-15)26-14-12(22)10(20)8(18)6(4-16)24-14/h2,6-22H,1,3-5H2/t6-,7-,8-,9-,10+,11+,12+,13+,14-,15+/m1/s1. The van der Waals surface area contributed by atoms with Crippen LogP contribution < -0.4 is 0 Å². The van der Waals surface area contributed by atoms with Gasteiger partial charge in [-0.05, 0) is 0 Å². The number of aliphatic hydroxyl groups excluding tert-OH is 7. The van der Waals surface area contributed by atoms with Crippen molar-refractivity contribution >= 4 is 0 Å². The molecule has 11 heteroatoms. The van der Waals surface area contributed by atoms with E-state index < -0.39 is 74.6 Å². The molecule has 0 spiro atoms. The fourth-order valence-corrected chi connectivity index (χ4v) is 2.83. The van der Waals surface area contributed by atoms with Crippen molar-refractivity contribution in [3.05, 3.63) is 12.7 Å². The van der Waals surface area contributed by atoms with Gasteiger partial charge in [-0.15, -0.1) is 6.58 Å². The minimum Gasteiger partial charge on any atom is -0.394 e. The van der Waals surface area contributed by atoms with Gasteiger partial charge in [0.25, 0.3) is 0 Å². The summed E-state index contributed by atoms with van der Waals surface area (Å²) in [4.78, 5) is 0. The molecule has 7 N–H and O–H groups in total. The lowest BCUT2D eigenvalue weighted by atomic mass is 9.97. The summed E-state index contributed by atoms with van der Waals surface area (Å²) in [5, 5.41) is 68.4. The van der Waals surface area contributed by atoms with Crippen LogP contribution in [0.1, 0.15) is 0 Å². The van der Waals surface area contributed by atoms with Crippen LogP contribution in [-0.2, 0) is 18.9 Å². The maximum absolute atomic E-state index is 10.3. The summed E-state index contributed by atoms with van der Waals surface area (Å²) in [6, 6.07) is 0. The first kappa shape index (κ1) is 21.6. The summed E-state index contributed by atoms with van der Waals surface area (Å²) in [5.74, 6) is 0. The average Bonchev–Trinajstić information content (AvgIpc) is 2.64. The Morgan fingerprint density at radius 2 is 1.31 bits per heavy atom. The van der Waals surface area contributed by atoms with Gasteiger partial charge in [0.1, 0.15) is 48.8 Å². The minimum absolute atomic E-state index is 0.000171. The summed E-state index contributed by atoms with van der Waals surface area (Å²) in [7, 11) is 0. The van der Waals surface area contributed by atoms with Gasteiger partial charge < -0.3 is 54.7 Å². The molecule has 2 rings (SSSR count). The van der Waals surface area contributed by atoms with Crippen molar-refractivity contribution in [1.29, 1.82) is 0 Å². The summed E-state index contributed by atoms with van der Waals surface area (Å²) in [6.45, 7) is 2.24. The van der Waals surface area contributed by atoms with Gasteiger partial charge in [0, 0.05) is 0 Å². The third-order valence-electron chi connectivity index (χ3n) is 4.34. The maximum Gasteiger partial charge on any atom is 0.187 e. The van der Waals surface area contributed by atoms with E-state index >= 15 is 0 Å². The van der Waals surface area contributed by atoms with E-state index in [-0.39, 0.29) is 6.61 Å². The highest BCUT2D eigenvalue weighted by molar-refractivity contribution is 4.93. The van der Waals surface area contributed by atoms with E-state index in [0.29, 0.717) is 0 Å². The monoisotopic (exact) mass is 382 g/mol. The van der Waals surface area contributed by atoms with E-state index in [1.54, 1.807) is 0 Å². The SMILES string of the molecule is C=CCO[C@H]1O[C@H](CO)[C@@H](O)[C@H](O)[C@@H]1O[C@H]1O[C@H](CO)[C@@H](O)[C@H](O)[C@@H]1O. The Hall–Kier alpha value is -0.700. The van der Waals surface area contributed by atoms with Crippen molar-refractivity contribution in [1.82, 2.24) is 0 Å². The van der Waals surface area contributed by atoms with Crippen LogP contribution in [0.2, 0.25) is 0 Å². The zero-order chi connectivity index (χ0) is 19.4. The zero-order valence-corrected chi connectivity index (χ0v) is 13.9. The van der Waals surface area contributed by atoms with Gasteiger partial charge in [0.2, 0.25) is 0 Å². The molecule has 2 aliphatic rings. The second kappa shape index (κ2) is 9.48. The lowest BCUT2D eigenvalue weighted by molar-refractivity contribution is -0.366. The molecule has 0 amide bonds. The Kier molecular flexibility index (Phi) is 7.88. The minimum atomic E-state index is -1.70. The number of ether oxygens (including phenoxy) is 4. The summed E-state index contributed by atoms with van der Waals surface area (Å²) in [6.07, 6.45) is -13.1. The molecule has 2 heterocycles. The van der Waals surface area contributed by atoms with E-state index in [2.05, 4.69) is 6.58 Å². The molecule has 2 saturated heterocycles. The highest BCUT2D eigenvalue weighted by Gasteiger charge is 2.50. The molecular weight excluding hydrogens is 356 g/mol. The molecule has 0 radical (unpaired) electrons. The lowest BCUT2D eigenvalue weighted by Crippen LogP contribution is -2.64. The number of rotatable bonds is 7. The van der Waals surface area contributed by atoms with Crippen molar-refractivity contribution in [3.8, 4) is 0 Å². The van der Waals surface area contributed by atoms with Crippen LogP contribution in [0.15, 0.2) is 12.7 Å². The van der Waals surface area contributed by atoms with Crippen LogP contribution in [0, 0.1) is 0 Å². The van der Waals surface area contributed by atoms with Crippen LogP contribution in [0.3, 0.4) is 0 Å². The lowest BCUT2D eigenvalue weighted by Gasteiger charge is -2.45. The number of hydrogen-bond donors (Lipinski definition) is 7. The van der Waals surface area contributed by atoms with Gasteiger partial charge in [-0.3, -0.25) is 0 Å². The molecule has 10 atom stereocenters. The molecule has 0 saturated carbocycles. The Morgan fingerprint density at radius 3 is 1.85 bits per heavy atom. The van der Waals surface area contributed by atoms with Gasteiger partial charge in [0.15, 0.2) is 12.6 Å². The molecular formula is C15H26O11. The molecule has 26 heavy (non-hydrogen) atoms. The zero-order valence-electron chi connectivity index (χ0n) is 13.9. The van der Waals surface area contributed by atoms with E-state index in [1.807, 2.05) is 0 Å². The highest BCUT2D eigenvalue weighted by atomic mass is 16.8. The molecule has 0 aromatic heterocycles. The van der Waals surface area contributed by atoms with E-state index in [1.165, 1.54) is 6.08 Å². The van der Waals surface area contributed by atoms with Crippen LogP contribution >= 0.6 is 0 Å². The molecule has 0 unspecified atom stereocenters. The van der Waals surface area contributed by atoms with Crippen LogP contribution in [-0.4, -0.2) is 117 Å². The molecule has 2 fully saturated rings. The van der Waals surface area contributed by atoms with Crippen LogP contribution in [0.25, 0.3) is 0 Å². The first-order chi connectivity index (χ1) is 12.3. The largest absolute Gasteiger partial charge is 0.394 e. The van der Waals surface area contributed by atoms with Crippen molar-refractivity contribution in [2.75, 3.05) is 19.8 Å². The van der Waals surface area contributed by atoms with Crippen molar-refractivity contribution in [2.45, 2.75) is 61.4 Å². The van der Waals surface area contributed by atoms with Gasteiger partial charge in [0.05, 0.1) is 19.8 Å². The van der Waals surface area contributed by atoms with Crippen molar-refractivity contribution in [2.24, 2.45) is 0 Å². The third-order valence-corrected chi connectivity index (χ3v) is 4.34. The van der Waals surface area contributed by atoms with E-state index in [9.17, 15) is 35.7 Å². The Bertz CT molecular complexity index is 447. The Labute approximate surface area is 149 Å². The third kappa shape index (κ3) is 4.40.